The lowest BCUT2D eigenvalue weighted by Crippen LogP contribution is -2.32. The average molecular weight is 359 g/mol. The fourth-order valence-electron chi connectivity index (χ4n) is 3.38. The molecule has 0 spiro atoms. The number of fused-ring (bicyclic) bond motifs is 3. The molecule has 3 heterocycles. The second-order valence-corrected chi connectivity index (χ2v) is 6.68. The number of carbonyl (C=O) groups excluding carboxylic acids is 1. The van der Waals surface area contributed by atoms with E-state index < -0.39 is 0 Å². The van der Waals surface area contributed by atoms with Crippen molar-refractivity contribution < 1.29 is 18.7 Å². The molecule has 0 saturated carbocycles. The molecule has 5 rings (SSSR count). The van der Waals surface area contributed by atoms with Crippen molar-refractivity contribution in [3.8, 4) is 11.5 Å². The summed E-state index contributed by atoms with van der Waals surface area (Å²) < 4.78 is 17.2. The van der Waals surface area contributed by atoms with E-state index in [0.29, 0.717) is 30.3 Å². The van der Waals surface area contributed by atoms with Crippen molar-refractivity contribution in [1.29, 1.82) is 0 Å². The number of carbonyl (C=O) groups is 1. The Morgan fingerprint density at radius 1 is 1.07 bits per heavy atom. The zero-order chi connectivity index (χ0) is 18.4. The normalized spacial score (nSPS) is 16.7. The maximum atomic E-state index is 12.7. The smallest absolute Gasteiger partial charge is 0.232 e. The first-order valence-electron chi connectivity index (χ1n) is 8.77. The van der Waals surface area contributed by atoms with Gasteiger partial charge in [-0.3, -0.25) is 4.79 Å². The van der Waals surface area contributed by atoms with Gasteiger partial charge in [-0.2, -0.15) is 0 Å². The van der Waals surface area contributed by atoms with E-state index in [2.05, 4.69) is 36.1 Å². The Morgan fingerprint density at radius 3 is 2.70 bits per heavy atom. The van der Waals surface area contributed by atoms with Gasteiger partial charge in [0.1, 0.15) is 17.3 Å². The third-order valence-corrected chi connectivity index (χ3v) is 4.84. The number of Topliss-reactive ketones (excluding diaryl/α,β-unsaturated/α-hetero) is 1. The summed E-state index contributed by atoms with van der Waals surface area (Å²) in [4.78, 5) is 14.8. The first kappa shape index (κ1) is 15.8. The van der Waals surface area contributed by atoms with Crippen LogP contribution in [0.25, 0.3) is 6.08 Å². The van der Waals surface area contributed by atoms with Gasteiger partial charge >= 0.3 is 0 Å². The van der Waals surface area contributed by atoms with Crippen LogP contribution in [0.1, 0.15) is 27.2 Å². The molecule has 0 aliphatic carbocycles. The lowest BCUT2D eigenvalue weighted by molar-refractivity contribution is 0.101. The summed E-state index contributed by atoms with van der Waals surface area (Å²) in [6, 6.07) is 15.5. The molecule has 0 saturated heterocycles. The van der Waals surface area contributed by atoms with Crippen LogP contribution in [-0.2, 0) is 6.54 Å². The van der Waals surface area contributed by atoms with E-state index in [0.717, 1.165) is 17.0 Å². The Morgan fingerprint density at radius 2 is 1.93 bits per heavy atom. The van der Waals surface area contributed by atoms with Crippen molar-refractivity contribution in [2.75, 3.05) is 11.6 Å². The zero-order valence-corrected chi connectivity index (χ0v) is 14.8. The molecule has 134 valence electrons. The predicted octanol–water partition coefficient (Wildman–Crippen LogP) is 4.56. The molecule has 2 aromatic carbocycles. The second-order valence-electron chi connectivity index (χ2n) is 6.68. The largest absolute Gasteiger partial charge is 0.473 e. The number of allylic oxidation sites excluding steroid dienone is 1. The van der Waals surface area contributed by atoms with Crippen LogP contribution < -0.4 is 14.4 Å². The number of ketones is 1. The molecule has 2 aliphatic rings. The Hall–Kier alpha value is -3.47. The molecule has 3 aromatic rings. The van der Waals surface area contributed by atoms with Crippen LogP contribution in [0.3, 0.4) is 0 Å². The Kier molecular flexibility index (Phi) is 3.53. The van der Waals surface area contributed by atoms with E-state index in [4.69, 9.17) is 13.9 Å². The van der Waals surface area contributed by atoms with Crippen LogP contribution in [-0.4, -0.2) is 12.5 Å². The molecule has 0 unspecified atom stereocenters. The quantitative estimate of drug-likeness (QED) is 0.628. The van der Waals surface area contributed by atoms with Crippen LogP contribution in [0, 0.1) is 6.92 Å². The highest BCUT2D eigenvalue weighted by Gasteiger charge is 2.33. The van der Waals surface area contributed by atoms with E-state index >= 15 is 0 Å². The summed E-state index contributed by atoms with van der Waals surface area (Å²) in [6.07, 6.45) is 3.18. The van der Waals surface area contributed by atoms with Crippen LogP contribution in [0.15, 0.2) is 65.0 Å². The predicted molar refractivity (Wildman–Crippen MR) is 101 cm³/mol. The Bertz CT molecular complexity index is 1050. The van der Waals surface area contributed by atoms with Gasteiger partial charge < -0.3 is 18.8 Å². The maximum Gasteiger partial charge on any atom is 0.232 e. The van der Waals surface area contributed by atoms with Crippen LogP contribution in [0.4, 0.5) is 5.69 Å². The minimum atomic E-state index is -0.142. The number of ether oxygens (including phenoxy) is 2. The molecule has 0 atom stereocenters. The van der Waals surface area contributed by atoms with Gasteiger partial charge in [0.15, 0.2) is 12.5 Å². The summed E-state index contributed by atoms with van der Waals surface area (Å²) >= 11 is 0. The summed E-state index contributed by atoms with van der Waals surface area (Å²) in [5, 5.41) is 0. The minimum absolute atomic E-state index is 0.142. The molecule has 5 heteroatoms. The van der Waals surface area contributed by atoms with Crippen LogP contribution in [0.2, 0.25) is 0 Å². The van der Waals surface area contributed by atoms with Gasteiger partial charge in [-0.25, -0.2) is 0 Å². The van der Waals surface area contributed by atoms with Crippen LogP contribution in [0.5, 0.6) is 11.5 Å². The van der Waals surface area contributed by atoms with Gasteiger partial charge in [0.25, 0.3) is 0 Å². The van der Waals surface area contributed by atoms with Crippen molar-refractivity contribution in [3.63, 3.8) is 0 Å². The van der Waals surface area contributed by atoms with Crippen molar-refractivity contribution >= 4 is 17.5 Å². The Balaban J connectivity index is 1.50. The third-order valence-electron chi connectivity index (χ3n) is 4.84. The van der Waals surface area contributed by atoms with Gasteiger partial charge in [0, 0.05) is 11.8 Å². The number of benzene rings is 2. The molecular formula is C22H17NO4. The second kappa shape index (κ2) is 6.06. The molecule has 2 aliphatic heterocycles. The number of anilines is 1. The third kappa shape index (κ3) is 2.68. The zero-order valence-electron chi connectivity index (χ0n) is 14.8. The van der Waals surface area contributed by atoms with Gasteiger partial charge in [0.05, 0.1) is 23.9 Å². The van der Waals surface area contributed by atoms with Gasteiger partial charge in [-0.15, -0.1) is 0 Å². The van der Waals surface area contributed by atoms with Gasteiger partial charge in [0.2, 0.25) is 5.78 Å². The summed E-state index contributed by atoms with van der Waals surface area (Å²) in [5.41, 5.74) is 3.72. The number of aryl methyl sites for hydroxylation is 1. The van der Waals surface area contributed by atoms with E-state index in [1.165, 1.54) is 5.56 Å². The van der Waals surface area contributed by atoms with Crippen molar-refractivity contribution in [1.82, 2.24) is 0 Å². The number of rotatable bonds is 2. The van der Waals surface area contributed by atoms with E-state index in [1.54, 1.807) is 30.5 Å². The summed E-state index contributed by atoms with van der Waals surface area (Å²) in [5.74, 6) is 2.03. The number of hydrogen-bond donors (Lipinski definition) is 0. The summed E-state index contributed by atoms with van der Waals surface area (Å²) in [7, 11) is 0. The minimum Gasteiger partial charge on any atom is -0.473 e. The van der Waals surface area contributed by atoms with E-state index in [9.17, 15) is 4.79 Å². The number of nitrogens with zero attached hydrogens (tertiary/aromatic N) is 1. The number of furan rings is 1. The molecule has 0 radical (unpaired) electrons. The standard InChI is InChI=1S/C22H17NO4/c1-14-4-6-15(7-5-14)23-12-18-19(26-13-23)9-8-17-21(24)20(27-22(17)18)11-16-3-2-10-25-16/h2-11H,12-13H2,1H3/b20-11-. The molecule has 0 N–H and O–H groups in total. The highest BCUT2D eigenvalue weighted by atomic mass is 16.5. The van der Waals surface area contributed by atoms with Crippen molar-refractivity contribution in [2.24, 2.45) is 0 Å². The SMILES string of the molecule is Cc1ccc(N2COc3ccc4c(c3C2)O/C(=C\c2ccco2)C4=O)cc1. The molecule has 1 aromatic heterocycles. The molecule has 0 bridgehead atoms. The van der Waals surface area contributed by atoms with E-state index in [1.807, 2.05) is 6.07 Å². The van der Waals surface area contributed by atoms with Gasteiger partial charge in [-0.05, 0) is 43.3 Å². The van der Waals surface area contributed by atoms with Crippen molar-refractivity contribution in [3.05, 3.63) is 83.0 Å². The molecule has 5 nitrogen and oxygen atoms in total. The summed E-state index contributed by atoms with van der Waals surface area (Å²) in [6.45, 7) is 3.13. The molecule has 27 heavy (non-hydrogen) atoms. The molecule has 0 fully saturated rings. The highest BCUT2D eigenvalue weighted by molar-refractivity contribution is 6.14. The average Bonchev–Trinajstić information content (AvgIpc) is 3.31. The highest BCUT2D eigenvalue weighted by Crippen LogP contribution is 2.42. The topological polar surface area (TPSA) is 51.9 Å². The number of hydrogen-bond acceptors (Lipinski definition) is 5. The fraction of sp³-hybridized carbons (Fsp3) is 0.136. The van der Waals surface area contributed by atoms with E-state index in [-0.39, 0.29) is 11.5 Å². The lowest BCUT2D eigenvalue weighted by atomic mass is 10.0. The van der Waals surface area contributed by atoms with Crippen LogP contribution >= 0.6 is 0 Å². The van der Waals surface area contributed by atoms with Gasteiger partial charge in [-0.1, -0.05) is 17.7 Å². The first-order valence-corrected chi connectivity index (χ1v) is 8.77. The molecule has 0 amide bonds. The van der Waals surface area contributed by atoms with Crippen molar-refractivity contribution in [2.45, 2.75) is 13.5 Å². The lowest BCUT2D eigenvalue weighted by Gasteiger charge is -2.31. The first-order chi connectivity index (χ1) is 13.2. The fourth-order valence-corrected chi connectivity index (χ4v) is 3.38. The monoisotopic (exact) mass is 359 g/mol. The maximum absolute atomic E-state index is 12.7. The Labute approximate surface area is 156 Å². The molecular weight excluding hydrogens is 342 g/mol.